The summed E-state index contributed by atoms with van der Waals surface area (Å²) in [5, 5.41) is 6.38. The first-order valence-electron chi connectivity index (χ1n) is 6.69. The van der Waals surface area contributed by atoms with Crippen LogP contribution in [-0.2, 0) is 11.2 Å². The topological polar surface area (TPSA) is 54.0 Å². The van der Waals surface area contributed by atoms with E-state index >= 15 is 0 Å². The maximum absolute atomic E-state index is 12.2. The number of halogens is 2. The predicted molar refractivity (Wildman–Crippen MR) is 85.7 cm³/mol. The summed E-state index contributed by atoms with van der Waals surface area (Å²) in [7, 11) is 0. The molecule has 20 heavy (non-hydrogen) atoms. The van der Waals surface area contributed by atoms with Crippen LogP contribution < -0.4 is 10.6 Å². The van der Waals surface area contributed by atoms with Gasteiger partial charge in [-0.1, -0.05) is 13.0 Å². The van der Waals surface area contributed by atoms with E-state index in [1.807, 2.05) is 18.3 Å². The molecule has 1 unspecified atom stereocenters. The van der Waals surface area contributed by atoms with E-state index in [1.165, 1.54) is 0 Å². The summed E-state index contributed by atoms with van der Waals surface area (Å²) in [5.41, 5.74) is 0.831. The third kappa shape index (κ3) is 4.62. The lowest BCUT2D eigenvalue weighted by molar-refractivity contribution is -0.127. The summed E-state index contributed by atoms with van der Waals surface area (Å²) in [4.78, 5) is 16.3. The number of aromatic nitrogens is 1. The van der Waals surface area contributed by atoms with E-state index in [-0.39, 0.29) is 36.3 Å². The Labute approximate surface area is 132 Å². The van der Waals surface area contributed by atoms with E-state index in [1.54, 1.807) is 6.20 Å². The van der Waals surface area contributed by atoms with Crippen molar-refractivity contribution < 1.29 is 4.79 Å². The van der Waals surface area contributed by atoms with Crippen molar-refractivity contribution in [2.24, 2.45) is 0 Å². The highest BCUT2D eigenvalue weighted by molar-refractivity contribution is 5.86. The standard InChI is InChI=1S/C14H21N3O.2ClH/c1-2-14(7-4-9-17-14)13(18)16-10-6-12-5-3-8-15-11-12;;/h3,5,8,11,17H,2,4,6-7,9-10H2,1H3,(H,16,18);2*1H. The Bertz CT molecular complexity index is 395. The Hall–Kier alpha value is -0.840. The van der Waals surface area contributed by atoms with Crippen LogP contribution in [0.1, 0.15) is 31.7 Å². The van der Waals surface area contributed by atoms with Gasteiger partial charge in [-0.25, -0.2) is 0 Å². The fraction of sp³-hybridized carbons (Fsp3) is 0.571. The lowest BCUT2D eigenvalue weighted by atomic mass is 9.93. The van der Waals surface area contributed by atoms with E-state index < -0.39 is 0 Å². The van der Waals surface area contributed by atoms with Crippen molar-refractivity contribution in [3.63, 3.8) is 0 Å². The van der Waals surface area contributed by atoms with Gasteiger partial charge in [0.25, 0.3) is 0 Å². The van der Waals surface area contributed by atoms with Crippen LogP contribution in [0.4, 0.5) is 0 Å². The fourth-order valence-corrected chi connectivity index (χ4v) is 2.50. The van der Waals surface area contributed by atoms with E-state index in [9.17, 15) is 4.79 Å². The van der Waals surface area contributed by atoms with Crippen molar-refractivity contribution in [3.05, 3.63) is 30.1 Å². The van der Waals surface area contributed by atoms with Crippen LogP contribution in [0.2, 0.25) is 0 Å². The number of hydrogen-bond acceptors (Lipinski definition) is 3. The summed E-state index contributed by atoms with van der Waals surface area (Å²) in [6.07, 6.45) is 7.32. The second-order valence-corrected chi connectivity index (χ2v) is 4.83. The van der Waals surface area contributed by atoms with E-state index in [0.717, 1.165) is 37.8 Å². The lowest BCUT2D eigenvalue weighted by Gasteiger charge is -2.26. The minimum Gasteiger partial charge on any atom is -0.354 e. The summed E-state index contributed by atoms with van der Waals surface area (Å²) < 4.78 is 0. The zero-order valence-electron chi connectivity index (χ0n) is 11.7. The molecule has 4 nitrogen and oxygen atoms in total. The van der Waals surface area contributed by atoms with Gasteiger partial charge in [0, 0.05) is 18.9 Å². The zero-order valence-corrected chi connectivity index (χ0v) is 13.4. The third-order valence-electron chi connectivity index (χ3n) is 3.70. The van der Waals surface area contributed by atoms with Crippen LogP contribution in [0.15, 0.2) is 24.5 Å². The Morgan fingerprint density at radius 2 is 2.30 bits per heavy atom. The number of amides is 1. The number of hydrogen-bond donors (Lipinski definition) is 2. The smallest absolute Gasteiger partial charge is 0.240 e. The van der Waals surface area contributed by atoms with Gasteiger partial charge in [-0.05, 0) is 43.9 Å². The predicted octanol–water partition coefficient (Wildman–Crippen LogP) is 2.12. The summed E-state index contributed by atoms with van der Waals surface area (Å²) >= 11 is 0. The Morgan fingerprint density at radius 1 is 1.50 bits per heavy atom. The van der Waals surface area contributed by atoms with E-state index in [0.29, 0.717) is 6.54 Å². The van der Waals surface area contributed by atoms with Gasteiger partial charge >= 0.3 is 0 Å². The van der Waals surface area contributed by atoms with Crippen LogP contribution in [0.3, 0.4) is 0 Å². The molecule has 1 saturated heterocycles. The zero-order chi connectivity index (χ0) is 12.8. The first kappa shape index (κ1) is 19.2. The van der Waals surface area contributed by atoms with Gasteiger partial charge in [0.05, 0.1) is 5.54 Å². The molecule has 6 heteroatoms. The van der Waals surface area contributed by atoms with Crippen molar-refractivity contribution in [3.8, 4) is 0 Å². The van der Waals surface area contributed by atoms with Crippen LogP contribution in [0.25, 0.3) is 0 Å². The molecule has 2 rings (SSSR count). The van der Waals surface area contributed by atoms with Crippen LogP contribution in [0.5, 0.6) is 0 Å². The number of nitrogens with zero attached hydrogens (tertiary/aromatic N) is 1. The van der Waals surface area contributed by atoms with Crippen LogP contribution in [-0.4, -0.2) is 29.5 Å². The summed E-state index contributed by atoms with van der Waals surface area (Å²) in [6, 6.07) is 3.95. The molecule has 0 aromatic carbocycles. The lowest BCUT2D eigenvalue weighted by Crippen LogP contribution is -2.53. The highest BCUT2D eigenvalue weighted by Crippen LogP contribution is 2.22. The van der Waals surface area contributed by atoms with E-state index in [4.69, 9.17) is 0 Å². The van der Waals surface area contributed by atoms with Gasteiger partial charge in [0.2, 0.25) is 5.91 Å². The molecule has 2 heterocycles. The third-order valence-corrected chi connectivity index (χ3v) is 3.70. The van der Waals surface area contributed by atoms with Gasteiger partial charge < -0.3 is 10.6 Å². The second-order valence-electron chi connectivity index (χ2n) is 4.83. The molecule has 114 valence electrons. The highest BCUT2D eigenvalue weighted by Gasteiger charge is 2.38. The molecule has 1 aromatic rings. The van der Waals surface area contributed by atoms with Crippen molar-refractivity contribution in [2.75, 3.05) is 13.1 Å². The van der Waals surface area contributed by atoms with Crippen molar-refractivity contribution in [1.82, 2.24) is 15.6 Å². The Balaban J connectivity index is 0.00000180. The monoisotopic (exact) mass is 319 g/mol. The minimum atomic E-state index is -0.324. The minimum absolute atomic E-state index is 0. The van der Waals surface area contributed by atoms with Gasteiger partial charge in [-0.2, -0.15) is 0 Å². The molecule has 0 saturated carbocycles. The van der Waals surface area contributed by atoms with Crippen molar-refractivity contribution >= 4 is 30.7 Å². The maximum atomic E-state index is 12.2. The quantitative estimate of drug-likeness (QED) is 0.874. The summed E-state index contributed by atoms with van der Waals surface area (Å²) in [5.74, 6) is 0.145. The molecule has 0 aliphatic carbocycles. The van der Waals surface area contributed by atoms with Crippen molar-refractivity contribution in [2.45, 2.75) is 38.1 Å². The van der Waals surface area contributed by atoms with Gasteiger partial charge in [0.15, 0.2) is 0 Å². The Morgan fingerprint density at radius 3 is 2.85 bits per heavy atom. The van der Waals surface area contributed by atoms with Crippen LogP contribution in [0, 0.1) is 0 Å². The molecular formula is C14H23Cl2N3O. The Kier molecular flexibility index (Phi) is 8.78. The van der Waals surface area contributed by atoms with Gasteiger partial charge in [-0.3, -0.25) is 9.78 Å². The van der Waals surface area contributed by atoms with Gasteiger partial charge in [0.1, 0.15) is 0 Å². The molecule has 1 aliphatic rings. The van der Waals surface area contributed by atoms with Crippen LogP contribution >= 0.6 is 24.8 Å². The normalized spacial score (nSPS) is 20.6. The second kappa shape index (κ2) is 9.16. The first-order valence-corrected chi connectivity index (χ1v) is 6.69. The molecule has 2 N–H and O–H groups in total. The molecule has 1 aliphatic heterocycles. The molecule has 1 atom stereocenters. The SMILES string of the molecule is CCC1(C(=O)NCCc2cccnc2)CCCN1.Cl.Cl. The number of carbonyl (C=O) groups excluding carboxylic acids is 1. The average molecular weight is 320 g/mol. The fourth-order valence-electron chi connectivity index (χ4n) is 2.50. The largest absolute Gasteiger partial charge is 0.354 e. The molecule has 1 fully saturated rings. The molecule has 1 amide bonds. The molecule has 0 spiro atoms. The number of carbonyl (C=O) groups is 1. The number of nitrogens with one attached hydrogen (secondary N) is 2. The number of rotatable bonds is 5. The van der Waals surface area contributed by atoms with Crippen molar-refractivity contribution in [1.29, 1.82) is 0 Å². The van der Waals surface area contributed by atoms with Gasteiger partial charge in [-0.15, -0.1) is 24.8 Å². The molecular weight excluding hydrogens is 297 g/mol. The first-order chi connectivity index (χ1) is 8.77. The summed E-state index contributed by atoms with van der Waals surface area (Å²) in [6.45, 7) is 3.69. The van der Waals surface area contributed by atoms with E-state index in [2.05, 4.69) is 22.5 Å². The average Bonchev–Trinajstić information content (AvgIpc) is 2.90. The highest BCUT2D eigenvalue weighted by atomic mass is 35.5. The number of pyridine rings is 1. The molecule has 0 bridgehead atoms. The molecule has 1 aromatic heterocycles. The maximum Gasteiger partial charge on any atom is 0.240 e. The molecule has 0 radical (unpaired) electrons.